The number of anilines is 1. The number of rotatable bonds is 6. The molecule has 174 valence electrons. The molecule has 0 spiro atoms. The van der Waals surface area contributed by atoms with Crippen molar-refractivity contribution in [2.45, 2.75) is 57.9 Å². The third-order valence-corrected chi connectivity index (χ3v) is 7.65. The molecular weight excluding hydrogens is 438 g/mol. The fourth-order valence-electron chi connectivity index (χ4n) is 4.28. The molecule has 33 heavy (non-hydrogen) atoms. The third-order valence-electron chi connectivity index (χ3n) is 6.25. The van der Waals surface area contributed by atoms with E-state index in [0.717, 1.165) is 47.9 Å². The molecular formula is C25H29N3O4S. The molecule has 8 heteroatoms. The van der Waals surface area contributed by atoms with Gasteiger partial charge in [0, 0.05) is 23.4 Å². The number of aryl methyl sites for hydroxylation is 3. The largest absolute Gasteiger partial charge is 0.495 e. The molecule has 1 N–H and O–H groups in total. The van der Waals surface area contributed by atoms with Crippen LogP contribution < -0.4 is 15.0 Å². The smallest absolute Gasteiger partial charge is 0.270 e. The maximum absolute atomic E-state index is 13.4. The molecule has 0 unspecified atom stereocenters. The highest BCUT2D eigenvalue weighted by Crippen LogP contribution is 2.34. The van der Waals surface area contributed by atoms with E-state index in [1.807, 2.05) is 26.8 Å². The Morgan fingerprint density at radius 3 is 2.42 bits per heavy atom. The first-order valence-electron chi connectivity index (χ1n) is 11.2. The van der Waals surface area contributed by atoms with Gasteiger partial charge in [-0.25, -0.2) is 13.1 Å². The van der Waals surface area contributed by atoms with Gasteiger partial charge >= 0.3 is 0 Å². The topological polar surface area (TPSA) is 90.3 Å². The number of hydrogen-bond donors (Lipinski definition) is 1. The van der Waals surface area contributed by atoms with E-state index in [0.29, 0.717) is 23.5 Å². The summed E-state index contributed by atoms with van der Waals surface area (Å²) in [6, 6.07) is 10.5. The van der Waals surface area contributed by atoms with Gasteiger partial charge in [-0.15, -0.1) is 0 Å². The Hall–Kier alpha value is -3.13. The van der Waals surface area contributed by atoms with E-state index in [1.54, 1.807) is 30.3 Å². The van der Waals surface area contributed by atoms with Gasteiger partial charge < -0.3 is 4.74 Å². The van der Waals surface area contributed by atoms with Crippen LogP contribution in [0.15, 0.2) is 46.1 Å². The second kappa shape index (κ2) is 9.02. The van der Waals surface area contributed by atoms with Gasteiger partial charge in [0.1, 0.15) is 10.6 Å². The van der Waals surface area contributed by atoms with Crippen LogP contribution in [0.3, 0.4) is 0 Å². The van der Waals surface area contributed by atoms with Gasteiger partial charge in [-0.05, 0) is 93.5 Å². The molecule has 0 aliphatic heterocycles. The maximum Gasteiger partial charge on any atom is 0.270 e. The van der Waals surface area contributed by atoms with E-state index in [1.165, 1.54) is 11.8 Å². The van der Waals surface area contributed by atoms with Crippen molar-refractivity contribution < 1.29 is 13.2 Å². The molecule has 0 atom stereocenters. The third kappa shape index (κ3) is 4.39. The van der Waals surface area contributed by atoms with E-state index in [4.69, 9.17) is 4.74 Å². The van der Waals surface area contributed by atoms with E-state index in [2.05, 4.69) is 9.82 Å². The highest BCUT2D eigenvalue weighted by atomic mass is 32.2. The van der Waals surface area contributed by atoms with Crippen molar-refractivity contribution in [1.82, 2.24) is 9.78 Å². The summed E-state index contributed by atoms with van der Waals surface area (Å²) in [5.74, 6) is 0.243. The average molecular weight is 468 g/mol. The number of sulfonamides is 1. The zero-order valence-corrected chi connectivity index (χ0v) is 20.3. The lowest BCUT2D eigenvalue weighted by molar-refractivity contribution is 0.403. The van der Waals surface area contributed by atoms with Gasteiger partial charge in [-0.3, -0.25) is 9.52 Å². The van der Waals surface area contributed by atoms with Crippen LogP contribution in [0, 0.1) is 13.8 Å². The van der Waals surface area contributed by atoms with Gasteiger partial charge in [0.2, 0.25) is 0 Å². The minimum atomic E-state index is -3.93. The summed E-state index contributed by atoms with van der Waals surface area (Å²) in [6.07, 6.45) is 3.43. The van der Waals surface area contributed by atoms with E-state index < -0.39 is 10.0 Å². The van der Waals surface area contributed by atoms with Gasteiger partial charge in [-0.1, -0.05) is 6.07 Å². The summed E-state index contributed by atoms with van der Waals surface area (Å²) >= 11 is 0. The summed E-state index contributed by atoms with van der Waals surface area (Å²) in [5.41, 5.74) is 5.54. The molecule has 0 fully saturated rings. The average Bonchev–Trinajstić information content (AvgIpc) is 2.81. The first kappa shape index (κ1) is 23.0. The van der Waals surface area contributed by atoms with Gasteiger partial charge in [0.25, 0.3) is 15.6 Å². The van der Waals surface area contributed by atoms with E-state index in [-0.39, 0.29) is 16.2 Å². The van der Waals surface area contributed by atoms with Gasteiger partial charge in [0.15, 0.2) is 0 Å². The molecule has 0 saturated carbocycles. The van der Waals surface area contributed by atoms with Crippen LogP contribution in [0.1, 0.15) is 42.0 Å². The minimum Gasteiger partial charge on any atom is -0.495 e. The van der Waals surface area contributed by atoms with Crippen LogP contribution >= 0.6 is 0 Å². The lowest BCUT2D eigenvalue weighted by Gasteiger charge is -2.20. The number of ether oxygens (including phenoxy) is 1. The van der Waals surface area contributed by atoms with Crippen LogP contribution in [0.2, 0.25) is 0 Å². The molecule has 1 aromatic heterocycles. The number of aromatic nitrogens is 2. The summed E-state index contributed by atoms with van der Waals surface area (Å²) in [5, 5.41) is 4.61. The van der Waals surface area contributed by atoms with E-state index in [9.17, 15) is 13.2 Å². The maximum atomic E-state index is 13.4. The second-order valence-corrected chi connectivity index (χ2v) is 10.1. The van der Waals surface area contributed by atoms with Crippen LogP contribution in [0.25, 0.3) is 11.3 Å². The zero-order chi connectivity index (χ0) is 23.8. The Labute approximate surface area is 194 Å². The molecule has 0 amide bonds. The lowest BCUT2D eigenvalue weighted by atomic mass is 9.90. The van der Waals surface area contributed by atoms with Crippen LogP contribution in [-0.4, -0.2) is 25.3 Å². The molecule has 0 radical (unpaired) electrons. The van der Waals surface area contributed by atoms with Crippen molar-refractivity contribution in [1.29, 1.82) is 0 Å². The second-order valence-electron chi connectivity index (χ2n) is 8.40. The van der Waals surface area contributed by atoms with Gasteiger partial charge in [-0.2, -0.15) is 5.10 Å². The number of methoxy groups -OCH3 is 1. The van der Waals surface area contributed by atoms with E-state index >= 15 is 0 Å². The lowest BCUT2D eigenvalue weighted by Crippen LogP contribution is -2.30. The molecule has 3 aromatic rings. The predicted molar refractivity (Wildman–Crippen MR) is 130 cm³/mol. The number of fused-ring (bicyclic) bond motifs is 1. The van der Waals surface area contributed by atoms with Crippen LogP contribution in [0.5, 0.6) is 5.75 Å². The molecule has 7 nitrogen and oxygen atoms in total. The number of nitrogens with zero attached hydrogens (tertiary/aromatic N) is 2. The normalized spacial score (nSPS) is 13.5. The minimum absolute atomic E-state index is 0.0290. The molecule has 1 aliphatic carbocycles. The van der Waals surface area contributed by atoms with Crippen LogP contribution in [-0.2, 0) is 29.4 Å². The van der Waals surface area contributed by atoms with Crippen molar-refractivity contribution in [2.24, 2.45) is 0 Å². The molecule has 0 saturated heterocycles. The highest BCUT2D eigenvalue weighted by molar-refractivity contribution is 7.92. The summed E-state index contributed by atoms with van der Waals surface area (Å²) in [7, 11) is -2.49. The summed E-state index contributed by atoms with van der Waals surface area (Å²) in [6.45, 7) is 6.24. The molecule has 0 bridgehead atoms. The van der Waals surface area contributed by atoms with Crippen molar-refractivity contribution in [3.05, 3.63) is 69.0 Å². The fourth-order valence-corrected chi connectivity index (χ4v) is 5.53. The van der Waals surface area contributed by atoms with Crippen molar-refractivity contribution in [3.8, 4) is 17.0 Å². The Morgan fingerprint density at radius 1 is 1.03 bits per heavy atom. The first-order valence-corrected chi connectivity index (χ1v) is 12.6. The van der Waals surface area contributed by atoms with Crippen molar-refractivity contribution >= 4 is 15.7 Å². The first-order chi connectivity index (χ1) is 15.7. The van der Waals surface area contributed by atoms with Crippen molar-refractivity contribution in [3.63, 3.8) is 0 Å². The van der Waals surface area contributed by atoms with Gasteiger partial charge in [0.05, 0.1) is 12.8 Å². The molecule has 4 rings (SSSR count). The Morgan fingerprint density at radius 2 is 1.76 bits per heavy atom. The molecule has 1 aliphatic rings. The predicted octanol–water partition coefficient (Wildman–Crippen LogP) is 4.24. The SMILES string of the molecule is CCn1nc(-c2ccc(OC)c(S(=O)(=O)Nc3ccc(C)c(C)c3)c2)c2c(c1=O)CCCC2. The van der Waals surface area contributed by atoms with Crippen molar-refractivity contribution in [2.75, 3.05) is 11.8 Å². The standard InChI is InChI=1S/C25H29N3O4S/c1-5-28-25(29)21-9-7-6-8-20(21)24(26-28)18-11-13-22(32-4)23(15-18)33(30,31)27-19-12-10-16(2)17(3)14-19/h10-15,27H,5-9H2,1-4H3. The Bertz CT molecular complexity index is 1380. The molecule has 2 aromatic carbocycles. The number of hydrogen-bond acceptors (Lipinski definition) is 5. The summed E-state index contributed by atoms with van der Waals surface area (Å²) < 4.78 is 36.2. The fraction of sp³-hybridized carbons (Fsp3) is 0.360. The highest BCUT2D eigenvalue weighted by Gasteiger charge is 2.25. The number of benzene rings is 2. The zero-order valence-electron chi connectivity index (χ0n) is 19.4. The number of nitrogens with one attached hydrogen (secondary N) is 1. The Kier molecular flexibility index (Phi) is 6.30. The monoisotopic (exact) mass is 467 g/mol. The Balaban J connectivity index is 1.84. The summed E-state index contributed by atoms with van der Waals surface area (Å²) in [4.78, 5) is 12.8. The quantitative estimate of drug-likeness (QED) is 0.586. The molecule has 1 heterocycles. The van der Waals surface area contributed by atoms with Crippen LogP contribution in [0.4, 0.5) is 5.69 Å².